The third-order valence-corrected chi connectivity index (χ3v) is 4.56. The maximum Gasteiger partial charge on any atom is 0.251 e. The molecule has 0 radical (unpaired) electrons. The van der Waals surface area contributed by atoms with Gasteiger partial charge in [0, 0.05) is 50.9 Å². The van der Waals surface area contributed by atoms with Crippen LogP contribution >= 0.6 is 24.0 Å². The fourth-order valence-electron chi connectivity index (χ4n) is 2.89. The van der Waals surface area contributed by atoms with Crippen molar-refractivity contribution in [2.75, 3.05) is 40.0 Å². The second-order valence-corrected chi connectivity index (χ2v) is 7.23. The number of guanidine groups is 1. The van der Waals surface area contributed by atoms with Crippen LogP contribution in [0.1, 0.15) is 34.8 Å². The Balaban J connectivity index is 0.00000544. The lowest BCUT2D eigenvalue weighted by Gasteiger charge is -2.14. The highest BCUT2D eigenvalue weighted by atomic mass is 127. The van der Waals surface area contributed by atoms with E-state index in [0.29, 0.717) is 44.4 Å². The van der Waals surface area contributed by atoms with Crippen LogP contribution < -0.4 is 20.7 Å². The first-order valence-corrected chi connectivity index (χ1v) is 10.8. The number of hydrogen-bond acceptors (Lipinski definition) is 5. The molecule has 1 amide bonds. The average Bonchev–Trinajstić information content (AvgIpc) is 2.79. The predicted octanol–water partition coefficient (Wildman–Crippen LogP) is 3.22. The number of aliphatic imine (C=N–C) groups is 1. The second kappa shape index (κ2) is 16.1. The molecule has 2 aromatic carbocycles. The van der Waals surface area contributed by atoms with Gasteiger partial charge >= 0.3 is 0 Å². The molecule has 9 heteroatoms. The van der Waals surface area contributed by atoms with Crippen molar-refractivity contribution >= 4 is 35.8 Å². The number of hydrogen-bond donors (Lipinski definition) is 4. The molecule has 4 N–H and O–H groups in total. The van der Waals surface area contributed by atoms with Crippen LogP contribution in [0.4, 0.5) is 0 Å². The first-order valence-electron chi connectivity index (χ1n) is 10.8. The molecular formula is C24H35IN4O4. The number of nitrogens with zero attached hydrogens (tertiary/aromatic N) is 1. The molecule has 0 spiro atoms. The van der Waals surface area contributed by atoms with Crippen molar-refractivity contribution in [2.24, 2.45) is 4.99 Å². The summed E-state index contributed by atoms with van der Waals surface area (Å²) in [7, 11) is 1.68. The van der Waals surface area contributed by atoms with Crippen LogP contribution in [0.2, 0.25) is 0 Å². The van der Waals surface area contributed by atoms with E-state index in [1.54, 1.807) is 19.2 Å². The van der Waals surface area contributed by atoms with Crippen LogP contribution in [0.3, 0.4) is 0 Å². The normalized spacial score (nSPS) is 10.8. The minimum absolute atomic E-state index is 0. The number of rotatable bonds is 12. The number of nitrogens with one attached hydrogen (secondary N) is 3. The summed E-state index contributed by atoms with van der Waals surface area (Å²) >= 11 is 0. The highest BCUT2D eigenvalue weighted by Crippen LogP contribution is 2.21. The van der Waals surface area contributed by atoms with Crippen molar-refractivity contribution in [1.82, 2.24) is 16.0 Å². The molecule has 33 heavy (non-hydrogen) atoms. The number of methoxy groups -OCH3 is 1. The Morgan fingerprint density at radius 2 is 1.76 bits per heavy atom. The number of halogens is 1. The lowest BCUT2D eigenvalue weighted by atomic mass is 10.1. The van der Waals surface area contributed by atoms with Crippen molar-refractivity contribution in [3.8, 4) is 11.5 Å². The van der Waals surface area contributed by atoms with Gasteiger partial charge < -0.3 is 30.5 Å². The Labute approximate surface area is 213 Å². The quantitative estimate of drug-likeness (QED) is 0.135. The maximum absolute atomic E-state index is 12.1. The summed E-state index contributed by atoms with van der Waals surface area (Å²) in [5, 5.41) is 18.6. The summed E-state index contributed by atoms with van der Waals surface area (Å²) in [6.45, 7) is 7.43. The number of ether oxygens (including phenoxy) is 2. The highest BCUT2D eigenvalue weighted by molar-refractivity contribution is 14.0. The van der Waals surface area contributed by atoms with Crippen molar-refractivity contribution in [3.05, 3.63) is 59.2 Å². The Morgan fingerprint density at radius 3 is 2.45 bits per heavy atom. The molecule has 0 aliphatic heterocycles. The molecular weight excluding hydrogens is 535 g/mol. The number of carbonyl (C=O) groups is 1. The molecule has 0 aromatic heterocycles. The van der Waals surface area contributed by atoms with Gasteiger partial charge in [0.2, 0.25) is 0 Å². The lowest BCUT2D eigenvalue weighted by molar-refractivity contribution is 0.0954. The molecule has 0 fully saturated rings. The Kier molecular flexibility index (Phi) is 13.9. The molecule has 2 rings (SSSR count). The molecule has 2 aromatic rings. The molecule has 0 aliphatic rings. The molecule has 0 unspecified atom stereocenters. The van der Waals surface area contributed by atoms with Crippen LogP contribution in [0, 0.1) is 6.92 Å². The van der Waals surface area contributed by atoms with E-state index in [4.69, 9.17) is 9.47 Å². The number of carbonyl (C=O) groups excluding carboxylic acids is 1. The third kappa shape index (κ3) is 10.8. The molecule has 0 bridgehead atoms. The van der Waals surface area contributed by atoms with Crippen LogP contribution in [0.5, 0.6) is 11.5 Å². The van der Waals surface area contributed by atoms with Gasteiger partial charge in [-0.25, -0.2) is 4.99 Å². The molecule has 0 saturated carbocycles. The molecule has 182 valence electrons. The van der Waals surface area contributed by atoms with E-state index in [2.05, 4.69) is 20.9 Å². The van der Waals surface area contributed by atoms with Gasteiger partial charge in [-0.05, 0) is 49.7 Å². The highest BCUT2D eigenvalue weighted by Gasteiger charge is 2.07. The number of amides is 1. The summed E-state index contributed by atoms with van der Waals surface area (Å²) in [4.78, 5) is 16.8. The van der Waals surface area contributed by atoms with E-state index in [1.165, 1.54) is 12.1 Å². The van der Waals surface area contributed by atoms with E-state index in [1.807, 2.05) is 32.0 Å². The predicted molar refractivity (Wildman–Crippen MR) is 142 cm³/mol. The summed E-state index contributed by atoms with van der Waals surface area (Å²) < 4.78 is 11.0. The minimum atomic E-state index is -0.191. The minimum Gasteiger partial charge on any atom is -0.508 e. The zero-order valence-corrected chi connectivity index (χ0v) is 21.8. The van der Waals surface area contributed by atoms with Crippen molar-refractivity contribution in [1.29, 1.82) is 0 Å². The second-order valence-electron chi connectivity index (χ2n) is 7.23. The molecule has 8 nitrogen and oxygen atoms in total. The van der Waals surface area contributed by atoms with Gasteiger partial charge in [-0.1, -0.05) is 12.1 Å². The standard InChI is InChI=1S/C24H34N4O4.HI/c1-4-25-24(27-13-12-26-23(30)19-8-10-21(29)11-9-19)28-17-20-7-6-18(2)16-22(20)32-15-5-14-31-3;/h6-11,16,29H,4-5,12-15,17H2,1-3H3,(H,26,30)(H2,25,27,28);1H. The van der Waals surface area contributed by atoms with Gasteiger partial charge in [0.25, 0.3) is 5.91 Å². The Bertz CT molecular complexity index is 875. The van der Waals surface area contributed by atoms with E-state index >= 15 is 0 Å². The Morgan fingerprint density at radius 1 is 1.03 bits per heavy atom. The van der Waals surface area contributed by atoms with E-state index in [-0.39, 0.29) is 35.6 Å². The van der Waals surface area contributed by atoms with Gasteiger partial charge in [-0.2, -0.15) is 0 Å². The topological polar surface area (TPSA) is 104 Å². The largest absolute Gasteiger partial charge is 0.508 e. The van der Waals surface area contributed by atoms with Gasteiger partial charge in [0.05, 0.1) is 13.2 Å². The van der Waals surface area contributed by atoms with Crippen molar-refractivity contribution < 1.29 is 19.4 Å². The average molecular weight is 570 g/mol. The number of phenols is 1. The summed E-state index contributed by atoms with van der Waals surface area (Å²) in [6, 6.07) is 12.3. The van der Waals surface area contributed by atoms with Crippen molar-refractivity contribution in [3.63, 3.8) is 0 Å². The summed E-state index contributed by atoms with van der Waals surface area (Å²) in [5.74, 6) is 1.44. The summed E-state index contributed by atoms with van der Waals surface area (Å²) in [6.07, 6.45) is 0.827. The van der Waals surface area contributed by atoms with E-state index in [9.17, 15) is 9.90 Å². The van der Waals surface area contributed by atoms with Crippen LogP contribution in [-0.2, 0) is 11.3 Å². The summed E-state index contributed by atoms with van der Waals surface area (Å²) in [5.41, 5.74) is 2.64. The Hall–Kier alpha value is -2.53. The molecule has 0 heterocycles. The van der Waals surface area contributed by atoms with Gasteiger partial charge in [-0.3, -0.25) is 4.79 Å². The van der Waals surface area contributed by atoms with Crippen molar-refractivity contribution in [2.45, 2.75) is 26.8 Å². The lowest BCUT2D eigenvalue weighted by Crippen LogP contribution is -2.41. The number of benzene rings is 2. The first-order chi connectivity index (χ1) is 15.5. The van der Waals surface area contributed by atoms with Gasteiger partial charge in [0.1, 0.15) is 11.5 Å². The van der Waals surface area contributed by atoms with E-state index < -0.39 is 0 Å². The third-order valence-electron chi connectivity index (χ3n) is 4.56. The van der Waals surface area contributed by atoms with E-state index in [0.717, 1.165) is 29.8 Å². The van der Waals surface area contributed by atoms with Crippen LogP contribution in [-0.4, -0.2) is 56.9 Å². The molecule has 0 atom stereocenters. The smallest absolute Gasteiger partial charge is 0.251 e. The number of aromatic hydroxyl groups is 1. The van der Waals surface area contributed by atoms with Crippen LogP contribution in [0.25, 0.3) is 0 Å². The fraction of sp³-hybridized carbons (Fsp3) is 0.417. The zero-order valence-electron chi connectivity index (χ0n) is 19.5. The molecule has 0 saturated heterocycles. The SMILES string of the molecule is CCNC(=NCc1ccc(C)cc1OCCCOC)NCCNC(=O)c1ccc(O)cc1.I. The van der Waals surface area contributed by atoms with Gasteiger partial charge in [-0.15, -0.1) is 24.0 Å². The number of aryl methyl sites for hydroxylation is 1. The van der Waals surface area contributed by atoms with Crippen LogP contribution in [0.15, 0.2) is 47.5 Å². The zero-order chi connectivity index (χ0) is 23.2. The first kappa shape index (κ1) is 28.5. The monoisotopic (exact) mass is 570 g/mol. The maximum atomic E-state index is 12.1. The number of phenolic OH excluding ortho intramolecular Hbond substituents is 1. The molecule has 0 aliphatic carbocycles. The fourth-order valence-corrected chi connectivity index (χ4v) is 2.89. The van der Waals surface area contributed by atoms with Gasteiger partial charge in [0.15, 0.2) is 5.96 Å².